The number of ether oxygens (including phenoxy) is 1. The summed E-state index contributed by atoms with van der Waals surface area (Å²) in [4.78, 5) is 32.0. The normalized spacial score (nSPS) is 21.2. The zero-order valence-corrected chi connectivity index (χ0v) is 15.1. The van der Waals surface area contributed by atoms with E-state index in [-0.39, 0.29) is 6.09 Å². The van der Waals surface area contributed by atoms with Gasteiger partial charge in [0, 0.05) is 25.2 Å². The molecule has 2 fully saturated rings. The number of amides is 1. The van der Waals surface area contributed by atoms with Gasteiger partial charge in [-0.3, -0.25) is 0 Å². The summed E-state index contributed by atoms with van der Waals surface area (Å²) in [5, 5.41) is 21.8. The summed E-state index contributed by atoms with van der Waals surface area (Å²) >= 11 is 0. The van der Waals surface area contributed by atoms with Crippen molar-refractivity contribution >= 4 is 18.0 Å². The predicted octanol–water partition coefficient (Wildman–Crippen LogP) is 0.493. The first-order valence-electron chi connectivity index (χ1n) is 8.49. The molecule has 9 nitrogen and oxygen atoms in total. The molecule has 1 amide bonds. The van der Waals surface area contributed by atoms with Crippen molar-refractivity contribution in [1.82, 2.24) is 15.5 Å². The number of carboxylic acids is 2. The molecule has 1 atom stereocenters. The van der Waals surface area contributed by atoms with E-state index in [1.807, 2.05) is 25.7 Å². The molecule has 0 aromatic carbocycles. The number of aliphatic carboxylic acids is 2. The summed E-state index contributed by atoms with van der Waals surface area (Å²) in [5.74, 6) is -3.65. The average Bonchev–Trinajstić information content (AvgIpc) is 2.96. The van der Waals surface area contributed by atoms with Crippen molar-refractivity contribution in [2.75, 3.05) is 26.2 Å². The first-order valence-corrected chi connectivity index (χ1v) is 8.49. The standard InChI is InChI=1S/C14H27N3O2.C2H2O4/c1-14(2,3)19-13(18)17-9-6-12(10-17)16-11-4-7-15-8-5-11;3-1(4)2(5)6/h11-12,15-16H,4-10H2,1-3H3;(H,3,4)(H,5,6). The summed E-state index contributed by atoms with van der Waals surface area (Å²) in [5.41, 5.74) is -0.405. The number of hydrogen-bond donors (Lipinski definition) is 4. The van der Waals surface area contributed by atoms with Gasteiger partial charge in [0.05, 0.1) is 0 Å². The van der Waals surface area contributed by atoms with Gasteiger partial charge in [-0.15, -0.1) is 0 Å². The molecule has 0 radical (unpaired) electrons. The van der Waals surface area contributed by atoms with Gasteiger partial charge in [-0.25, -0.2) is 14.4 Å². The predicted molar refractivity (Wildman–Crippen MR) is 90.5 cm³/mol. The number of likely N-dealkylation sites (tertiary alicyclic amines) is 1. The van der Waals surface area contributed by atoms with Crippen LogP contribution in [-0.2, 0) is 14.3 Å². The minimum Gasteiger partial charge on any atom is -0.473 e. The van der Waals surface area contributed by atoms with E-state index in [1.54, 1.807) is 0 Å². The van der Waals surface area contributed by atoms with Crippen molar-refractivity contribution in [3.05, 3.63) is 0 Å². The second-order valence-electron chi connectivity index (χ2n) is 7.21. The summed E-state index contributed by atoms with van der Waals surface area (Å²) in [6.45, 7) is 9.50. The van der Waals surface area contributed by atoms with E-state index in [1.165, 1.54) is 12.8 Å². The minimum atomic E-state index is -1.82. The fraction of sp³-hybridized carbons (Fsp3) is 0.812. The second kappa shape index (κ2) is 9.57. The number of hydrogen-bond acceptors (Lipinski definition) is 6. The quantitative estimate of drug-likeness (QED) is 0.525. The van der Waals surface area contributed by atoms with Crippen LogP contribution in [0.2, 0.25) is 0 Å². The molecule has 2 aliphatic rings. The van der Waals surface area contributed by atoms with Crippen molar-refractivity contribution in [2.24, 2.45) is 0 Å². The van der Waals surface area contributed by atoms with Gasteiger partial charge in [-0.05, 0) is 53.1 Å². The lowest BCUT2D eigenvalue weighted by atomic mass is 10.1. The number of piperidine rings is 1. The van der Waals surface area contributed by atoms with E-state index in [0.717, 1.165) is 32.6 Å². The fourth-order valence-electron chi connectivity index (χ4n) is 2.71. The molecule has 1 unspecified atom stereocenters. The average molecular weight is 359 g/mol. The zero-order chi connectivity index (χ0) is 19.0. The molecule has 144 valence electrons. The Kier molecular flexibility index (Phi) is 8.11. The van der Waals surface area contributed by atoms with E-state index < -0.39 is 17.5 Å². The van der Waals surface area contributed by atoms with Crippen molar-refractivity contribution in [1.29, 1.82) is 0 Å². The van der Waals surface area contributed by atoms with Crippen molar-refractivity contribution < 1.29 is 29.3 Å². The Labute approximate surface area is 147 Å². The Hall–Kier alpha value is -1.87. The molecule has 2 saturated heterocycles. The summed E-state index contributed by atoms with van der Waals surface area (Å²) in [6.07, 6.45) is 3.22. The van der Waals surface area contributed by atoms with Crippen LogP contribution in [0.5, 0.6) is 0 Å². The lowest BCUT2D eigenvalue weighted by Gasteiger charge is -2.27. The molecule has 25 heavy (non-hydrogen) atoms. The molecule has 0 aromatic heterocycles. The van der Waals surface area contributed by atoms with Crippen LogP contribution < -0.4 is 10.6 Å². The molecule has 4 N–H and O–H groups in total. The highest BCUT2D eigenvalue weighted by molar-refractivity contribution is 6.27. The van der Waals surface area contributed by atoms with Gasteiger partial charge in [0.25, 0.3) is 0 Å². The van der Waals surface area contributed by atoms with Crippen molar-refractivity contribution in [3.8, 4) is 0 Å². The zero-order valence-electron chi connectivity index (χ0n) is 15.1. The lowest BCUT2D eigenvalue weighted by molar-refractivity contribution is -0.159. The molecule has 2 heterocycles. The van der Waals surface area contributed by atoms with Crippen LogP contribution in [0.4, 0.5) is 4.79 Å². The Bertz CT molecular complexity index is 459. The Morgan fingerprint density at radius 3 is 2.08 bits per heavy atom. The second-order valence-corrected chi connectivity index (χ2v) is 7.21. The third-order valence-electron chi connectivity index (χ3n) is 3.83. The number of nitrogens with one attached hydrogen (secondary N) is 2. The van der Waals surface area contributed by atoms with Gasteiger partial charge in [-0.2, -0.15) is 0 Å². The van der Waals surface area contributed by atoms with E-state index in [2.05, 4.69) is 10.6 Å². The van der Waals surface area contributed by atoms with Crippen LogP contribution in [0.25, 0.3) is 0 Å². The number of rotatable bonds is 2. The van der Waals surface area contributed by atoms with Gasteiger partial charge in [0.1, 0.15) is 5.60 Å². The molecule has 0 bridgehead atoms. The van der Waals surface area contributed by atoms with Gasteiger partial charge < -0.3 is 30.5 Å². The van der Waals surface area contributed by atoms with E-state index in [4.69, 9.17) is 24.5 Å². The highest BCUT2D eigenvalue weighted by atomic mass is 16.6. The number of carbonyl (C=O) groups excluding carboxylic acids is 1. The fourth-order valence-corrected chi connectivity index (χ4v) is 2.71. The molecule has 0 aromatic rings. The van der Waals surface area contributed by atoms with E-state index in [9.17, 15) is 4.79 Å². The molecule has 2 rings (SSSR count). The molecule has 0 saturated carbocycles. The first-order chi connectivity index (χ1) is 11.6. The van der Waals surface area contributed by atoms with Crippen LogP contribution in [0.15, 0.2) is 0 Å². The minimum absolute atomic E-state index is 0.179. The topological polar surface area (TPSA) is 128 Å². The van der Waals surface area contributed by atoms with Crippen molar-refractivity contribution in [2.45, 2.75) is 57.7 Å². The lowest BCUT2D eigenvalue weighted by Crippen LogP contribution is -2.46. The Morgan fingerprint density at radius 1 is 1.04 bits per heavy atom. The molecular formula is C16H29N3O6. The van der Waals surface area contributed by atoms with E-state index in [0.29, 0.717) is 12.1 Å². The van der Waals surface area contributed by atoms with Crippen LogP contribution in [0.1, 0.15) is 40.0 Å². The third kappa shape index (κ3) is 8.69. The van der Waals surface area contributed by atoms with Crippen LogP contribution in [0, 0.1) is 0 Å². The van der Waals surface area contributed by atoms with Gasteiger partial charge in [0.2, 0.25) is 0 Å². The number of nitrogens with zero attached hydrogens (tertiary/aromatic N) is 1. The number of carbonyl (C=O) groups is 3. The maximum absolute atomic E-state index is 12.0. The number of carboxylic acid groups (broad SMARTS) is 2. The maximum atomic E-state index is 12.0. The van der Waals surface area contributed by atoms with Gasteiger partial charge in [0.15, 0.2) is 0 Å². The smallest absolute Gasteiger partial charge is 0.414 e. The molecule has 0 aliphatic carbocycles. The summed E-state index contributed by atoms with van der Waals surface area (Å²) in [6, 6.07) is 1.03. The molecule has 0 spiro atoms. The van der Waals surface area contributed by atoms with Gasteiger partial charge in [-0.1, -0.05) is 0 Å². The van der Waals surface area contributed by atoms with Gasteiger partial charge >= 0.3 is 18.0 Å². The van der Waals surface area contributed by atoms with Crippen LogP contribution in [0.3, 0.4) is 0 Å². The van der Waals surface area contributed by atoms with Crippen LogP contribution in [-0.4, -0.2) is 77.0 Å². The highest BCUT2D eigenvalue weighted by Gasteiger charge is 2.30. The third-order valence-corrected chi connectivity index (χ3v) is 3.83. The largest absolute Gasteiger partial charge is 0.473 e. The summed E-state index contributed by atoms with van der Waals surface area (Å²) in [7, 11) is 0. The molecule has 2 aliphatic heterocycles. The van der Waals surface area contributed by atoms with E-state index >= 15 is 0 Å². The SMILES string of the molecule is CC(C)(C)OC(=O)N1CCC(NC2CCNCC2)C1.O=C(O)C(=O)O. The van der Waals surface area contributed by atoms with Crippen molar-refractivity contribution in [3.63, 3.8) is 0 Å². The molecular weight excluding hydrogens is 330 g/mol. The first kappa shape index (κ1) is 21.2. The Morgan fingerprint density at radius 2 is 1.60 bits per heavy atom. The Balaban J connectivity index is 0.000000450. The summed E-state index contributed by atoms with van der Waals surface area (Å²) < 4.78 is 5.41. The van der Waals surface area contributed by atoms with Crippen LogP contribution >= 0.6 is 0 Å². The highest BCUT2D eigenvalue weighted by Crippen LogP contribution is 2.16. The molecule has 9 heteroatoms. The maximum Gasteiger partial charge on any atom is 0.414 e. The monoisotopic (exact) mass is 359 g/mol.